The fourth-order valence-corrected chi connectivity index (χ4v) is 2.78. The quantitative estimate of drug-likeness (QED) is 0.675. The summed E-state index contributed by atoms with van der Waals surface area (Å²) in [7, 11) is 1.24. The molecule has 124 valence electrons. The molecule has 0 saturated carbocycles. The molecule has 0 N–H and O–H groups in total. The van der Waals surface area contributed by atoms with E-state index < -0.39 is 11.5 Å². The summed E-state index contributed by atoms with van der Waals surface area (Å²) in [6.07, 6.45) is 6.61. The van der Waals surface area contributed by atoms with Crippen LogP contribution in [0.3, 0.4) is 0 Å². The Labute approximate surface area is 139 Å². The van der Waals surface area contributed by atoms with Crippen molar-refractivity contribution in [1.82, 2.24) is 14.0 Å². The maximum atomic E-state index is 12.3. The molecule has 24 heavy (non-hydrogen) atoms. The first kappa shape index (κ1) is 16.0. The van der Waals surface area contributed by atoms with Gasteiger partial charge in [0.15, 0.2) is 0 Å². The number of hydrogen-bond acceptors (Lipinski definition) is 4. The number of fused-ring (bicyclic) bond motifs is 1. The second-order valence-corrected chi connectivity index (χ2v) is 5.66. The van der Waals surface area contributed by atoms with Crippen LogP contribution in [0.1, 0.15) is 27.9 Å². The van der Waals surface area contributed by atoms with E-state index in [0.29, 0.717) is 5.78 Å². The van der Waals surface area contributed by atoms with Crippen LogP contribution in [-0.4, -0.2) is 27.0 Å². The van der Waals surface area contributed by atoms with Gasteiger partial charge in [-0.1, -0.05) is 24.3 Å². The minimum absolute atomic E-state index is 0.0624. The van der Waals surface area contributed by atoms with Gasteiger partial charge in [0.05, 0.1) is 13.3 Å². The Bertz CT molecular complexity index is 940. The summed E-state index contributed by atoms with van der Waals surface area (Å²) >= 11 is 0. The lowest BCUT2D eigenvalue weighted by atomic mass is 10.0. The standard InChI is InChI=1S/C18H19N3O3/c1-13-6-3-4-7-14(13)8-5-9-20-10-11-21-16(22)15(17(23)24-2)12-19-18(20)21/h3-4,6-7,10-12H,5,8-9H2,1-2H3. The van der Waals surface area contributed by atoms with Gasteiger partial charge in [-0.3, -0.25) is 9.20 Å². The van der Waals surface area contributed by atoms with Gasteiger partial charge in [-0.05, 0) is 30.9 Å². The lowest BCUT2D eigenvalue weighted by molar-refractivity contribution is 0.0598. The van der Waals surface area contributed by atoms with E-state index >= 15 is 0 Å². The third kappa shape index (κ3) is 2.95. The number of methoxy groups -OCH3 is 1. The van der Waals surface area contributed by atoms with E-state index in [9.17, 15) is 9.59 Å². The molecule has 0 unspecified atom stereocenters. The lowest BCUT2D eigenvalue weighted by Crippen LogP contribution is -2.23. The number of rotatable bonds is 5. The van der Waals surface area contributed by atoms with Crippen molar-refractivity contribution in [3.63, 3.8) is 0 Å². The van der Waals surface area contributed by atoms with Gasteiger partial charge < -0.3 is 9.30 Å². The number of aromatic nitrogens is 3. The molecule has 3 aromatic rings. The van der Waals surface area contributed by atoms with Crippen LogP contribution in [0.4, 0.5) is 0 Å². The van der Waals surface area contributed by atoms with Crippen molar-refractivity contribution in [2.24, 2.45) is 0 Å². The molecule has 0 amide bonds. The summed E-state index contributed by atoms with van der Waals surface area (Å²) in [5, 5.41) is 0. The predicted octanol–water partition coefficient (Wildman–Crippen LogP) is 2.22. The molecule has 0 bridgehead atoms. The van der Waals surface area contributed by atoms with Gasteiger partial charge in [0.25, 0.3) is 5.56 Å². The molecule has 3 rings (SSSR count). The molecule has 2 aromatic heterocycles. The van der Waals surface area contributed by atoms with E-state index in [2.05, 4.69) is 28.8 Å². The van der Waals surface area contributed by atoms with Gasteiger partial charge in [0, 0.05) is 18.9 Å². The van der Waals surface area contributed by atoms with E-state index in [1.165, 1.54) is 28.8 Å². The highest BCUT2D eigenvalue weighted by Gasteiger charge is 2.15. The first-order chi connectivity index (χ1) is 11.6. The van der Waals surface area contributed by atoms with Crippen LogP contribution in [0, 0.1) is 6.92 Å². The van der Waals surface area contributed by atoms with Crippen molar-refractivity contribution < 1.29 is 9.53 Å². The fourth-order valence-electron chi connectivity index (χ4n) is 2.78. The molecule has 0 aliphatic rings. The van der Waals surface area contributed by atoms with Crippen LogP contribution in [0.25, 0.3) is 5.78 Å². The fraction of sp³-hybridized carbons (Fsp3) is 0.278. The topological polar surface area (TPSA) is 65.6 Å². The van der Waals surface area contributed by atoms with Crippen molar-refractivity contribution in [2.75, 3.05) is 7.11 Å². The Kier molecular flexibility index (Phi) is 4.46. The van der Waals surface area contributed by atoms with Crippen LogP contribution in [-0.2, 0) is 17.7 Å². The zero-order valence-electron chi connectivity index (χ0n) is 13.7. The van der Waals surface area contributed by atoms with Crippen molar-refractivity contribution in [2.45, 2.75) is 26.3 Å². The summed E-state index contributed by atoms with van der Waals surface area (Å²) in [6.45, 7) is 2.85. The molecule has 0 spiro atoms. The van der Waals surface area contributed by atoms with Crippen LogP contribution in [0.15, 0.2) is 47.7 Å². The lowest BCUT2D eigenvalue weighted by Gasteiger charge is -2.07. The molecule has 0 aliphatic heterocycles. The number of benzene rings is 1. The van der Waals surface area contributed by atoms with Crippen LogP contribution >= 0.6 is 0 Å². The maximum Gasteiger partial charge on any atom is 0.345 e. The molecule has 0 saturated heterocycles. The number of hydrogen-bond donors (Lipinski definition) is 0. The summed E-state index contributed by atoms with van der Waals surface area (Å²) in [5.41, 5.74) is 2.14. The van der Waals surface area contributed by atoms with Gasteiger partial charge in [-0.2, -0.15) is 0 Å². The van der Waals surface area contributed by atoms with Crippen LogP contribution in [0.5, 0.6) is 0 Å². The SMILES string of the molecule is COC(=O)c1cnc2n(CCCc3ccccc3C)ccn2c1=O. The average molecular weight is 325 g/mol. The second-order valence-electron chi connectivity index (χ2n) is 5.66. The highest BCUT2D eigenvalue weighted by atomic mass is 16.5. The third-order valence-corrected chi connectivity index (χ3v) is 4.14. The Morgan fingerprint density at radius 1 is 1.25 bits per heavy atom. The molecule has 0 aliphatic carbocycles. The zero-order chi connectivity index (χ0) is 17.1. The first-order valence-corrected chi connectivity index (χ1v) is 7.81. The van der Waals surface area contributed by atoms with Gasteiger partial charge in [0.2, 0.25) is 5.78 Å². The number of aryl methyl sites for hydroxylation is 3. The van der Waals surface area contributed by atoms with Gasteiger partial charge in [-0.25, -0.2) is 9.78 Å². The number of carbonyl (C=O) groups excluding carboxylic acids is 1. The molecule has 0 fully saturated rings. The van der Waals surface area contributed by atoms with E-state index in [0.717, 1.165) is 19.4 Å². The van der Waals surface area contributed by atoms with E-state index in [1.807, 2.05) is 22.9 Å². The highest BCUT2D eigenvalue weighted by molar-refractivity contribution is 5.88. The second kappa shape index (κ2) is 6.70. The summed E-state index contributed by atoms with van der Waals surface area (Å²) in [6, 6.07) is 8.32. The molecule has 2 heterocycles. The number of imidazole rings is 1. The summed E-state index contributed by atoms with van der Waals surface area (Å²) < 4.78 is 7.89. The van der Waals surface area contributed by atoms with E-state index in [-0.39, 0.29) is 5.56 Å². The summed E-state index contributed by atoms with van der Waals surface area (Å²) in [5.74, 6) is -0.147. The predicted molar refractivity (Wildman–Crippen MR) is 90.3 cm³/mol. The zero-order valence-corrected chi connectivity index (χ0v) is 13.7. The minimum Gasteiger partial charge on any atom is -0.465 e. The van der Waals surface area contributed by atoms with Crippen LogP contribution < -0.4 is 5.56 Å². The monoisotopic (exact) mass is 325 g/mol. The molecular formula is C18H19N3O3. The highest BCUT2D eigenvalue weighted by Crippen LogP contribution is 2.11. The van der Waals surface area contributed by atoms with Gasteiger partial charge >= 0.3 is 5.97 Å². The number of ether oxygens (including phenoxy) is 1. The van der Waals surface area contributed by atoms with E-state index in [1.54, 1.807) is 6.20 Å². The molecule has 1 aromatic carbocycles. The summed E-state index contributed by atoms with van der Waals surface area (Å²) in [4.78, 5) is 28.1. The van der Waals surface area contributed by atoms with Gasteiger partial charge in [-0.15, -0.1) is 0 Å². The number of carbonyl (C=O) groups is 1. The van der Waals surface area contributed by atoms with Gasteiger partial charge in [0.1, 0.15) is 5.56 Å². The van der Waals surface area contributed by atoms with E-state index in [4.69, 9.17) is 0 Å². The smallest absolute Gasteiger partial charge is 0.345 e. The molecule has 0 atom stereocenters. The molecule has 6 nitrogen and oxygen atoms in total. The number of nitrogens with zero attached hydrogens (tertiary/aromatic N) is 3. The third-order valence-electron chi connectivity index (χ3n) is 4.14. The molecule has 0 radical (unpaired) electrons. The largest absolute Gasteiger partial charge is 0.465 e. The average Bonchev–Trinajstić information content (AvgIpc) is 3.00. The maximum absolute atomic E-state index is 12.3. The minimum atomic E-state index is -0.672. The number of esters is 1. The van der Waals surface area contributed by atoms with Crippen molar-refractivity contribution in [1.29, 1.82) is 0 Å². The first-order valence-electron chi connectivity index (χ1n) is 7.81. The Balaban J connectivity index is 1.79. The van der Waals surface area contributed by atoms with Crippen LogP contribution in [0.2, 0.25) is 0 Å². The normalized spacial score (nSPS) is 10.9. The van der Waals surface area contributed by atoms with Crippen molar-refractivity contribution in [3.05, 3.63) is 69.9 Å². The van der Waals surface area contributed by atoms with Crippen molar-refractivity contribution >= 4 is 11.7 Å². The Morgan fingerprint density at radius 2 is 2.04 bits per heavy atom. The molecular weight excluding hydrogens is 306 g/mol. The molecule has 6 heteroatoms. The Hall–Kier alpha value is -2.89. The Morgan fingerprint density at radius 3 is 2.79 bits per heavy atom. The van der Waals surface area contributed by atoms with Crippen molar-refractivity contribution in [3.8, 4) is 0 Å².